The predicted molar refractivity (Wildman–Crippen MR) is 122 cm³/mol. The van der Waals surface area contributed by atoms with Gasteiger partial charge in [-0.05, 0) is 92.9 Å². The summed E-state index contributed by atoms with van der Waals surface area (Å²) in [6, 6.07) is 8.39. The lowest BCUT2D eigenvalue weighted by molar-refractivity contribution is -0.192. The number of fused-ring (bicyclic) bond motifs is 3. The molecule has 1 aromatic rings. The highest BCUT2D eigenvalue weighted by molar-refractivity contribution is 5.84. The van der Waals surface area contributed by atoms with Crippen molar-refractivity contribution in [2.45, 2.75) is 82.1 Å². The number of benzene rings is 1. The molecule has 2 saturated heterocycles. The summed E-state index contributed by atoms with van der Waals surface area (Å²) in [4.78, 5) is 15.6. The number of carbonyl (C=O) groups excluding carboxylic acids is 1. The Bertz CT molecular complexity index is 839. The van der Waals surface area contributed by atoms with Gasteiger partial charge in [0.05, 0.1) is 19.4 Å². The van der Waals surface area contributed by atoms with Crippen LogP contribution in [0.25, 0.3) is 0 Å². The maximum atomic E-state index is 13.5. The monoisotopic (exact) mass is 441 g/mol. The van der Waals surface area contributed by atoms with Gasteiger partial charge in [0, 0.05) is 12.0 Å². The Kier molecular flexibility index (Phi) is 5.81. The van der Waals surface area contributed by atoms with Crippen molar-refractivity contribution in [1.29, 1.82) is 0 Å². The number of hydrogen-bond donors (Lipinski definition) is 0. The number of halogens is 1. The minimum absolute atomic E-state index is 0.0284. The number of carbonyl (C=O) groups is 1. The van der Waals surface area contributed by atoms with Crippen LogP contribution in [0.3, 0.4) is 0 Å². The van der Waals surface area contributed by atoms with Gasteiger partial charge in [-0.25, -0.2) is 4.39 Å². The van der Waals surface area contributed by atoms with Crippen LogP contribution in [0.2, 0.25) is 0 Å². The van der Waals surface area contributed by atoms with Crippen molar-refractivity contribution in [2.75, 3.05) is 26.3 Å². The summed E-state index contributed by atoms with van der Waals surface area (Å²) in [5, 5.41) is 0. The Morgan fingerprint density at radius 2 is 1.75 bits per heavy atom. The van der Waals surface area contributed by atoms with Crippen LogP contribution in [-0.2, 0) is 14.9 Å². The Balaban J connectivity index is 1.19. The van der Waals surface area contributed by atoms with Crippen molar-refractivity contribution in [2.24, 2.45) is 5.41 Å². The number of amides is 1. The third kappa shape index (κ3) is 3.76. The average molecular weight is 442 g/mol. The van der Waals surface area contributed by atoms with Gasteiger partial charge in [0.1, 0.15) is 18.0 Å². The van der Waals surface area contributed by atoms with Gasteiger partial charge in [0.25, 0.3) is 0 Å². The number of rotatable bonds is 6. The fourth-order valence-corrected chi connectivity index (χ4v) is 6.52. The first kappa shape index (κ1) is 21.9. The molecular formula is C27H36FNO3. The van der Waals surface area contributed by atoms with Crippen molar-refractivity contribution in [1.82, 2.24) is 4.90 Å². The van der Waals surface area contributed by atoms with Crippen molar-refractivity contribution in [3.05, 3.63) is 41.7 Å². The maximum absolute atomic E-state index is 13.5. The quantitative estimate of drug-likeness (QED) is 0.568. The fourth-order valence-electron chi connectivity index (χ4n) is 6.52. The van der Waals surface area contributed by atoms with Gasteiger partial charge in [-0.3, -0.25) is 4.79 Å². The summed E-state index contributed by atoms with van der Waals surface area (Å²) in [7, 11) is 0. The first-order chi connectivity index (χ1) is 15.5. The van der Waals surface area contributed by atoms with E-state index in [1.807, 2.05) is 19.1 Å². The van der Waals surface area contributed by atoms with Crippen LogP contribution in [0.15, 0.2) is 36.2 Å². The Labute approximate surface area is 191 Å². The van der Waals surface area contributed by atoms with E-state index < -0.39 is 0 Å². The van der Waals surface area contributed by atoms with E-state index in [0.29, 0.717) is 30.8 Å². The molecule has 1 aromatic carbocycles. The van der Waals surface area contributed by atoms with E-state index in [1.54, 1.807) is 0 Å². The standard InChI is InChI=1S/C27H36FNO3/c1-2-21(17-28)18-31-23-7-5-22(6-8-23)25-10-13-26(14-11-25,15-12-25)24(30)29-19-27(20-29)9-3-4-16-32-27/h5-8,17H,2-4,9-16,18-20H2,1H3/b21-17+. The first-order valence-corrected chi connectivity index (χ1v) is 12.5. The molecule has 5 aliphatic rings. The first-order valence-electron chi connectivity index (χ1n) is 12.5. The van der Waals surface area contributed by atoms with Crippen LogP contribution in [0.1, 0.15) is 76.7 Å². The van der Waals surface area contributed by atoms with Crippen LogP contribution in [0.5, 0.6) is 5.75 Å². The van der Waals surface area contributed by atoms with Crippen LogP contribution in [-0.4, -0.2) is 42.7 Å². The second-order valence-electron chi connectivity index (χ2n) is 10.6. The SMILES string of the molecule is CC/C(=C\F)COc1ccc(C23CCC(C(=O)N4CC5(CCCCO5)C4)(CC2)CC3)cc1. The van der Waals surface area contributed by atoms with Crippen LogP contribution < -0.4 is 4.74 Å². The lowest BCUT2D eigenvalue weighted by Gasteiger charge is -2.58. The highest BCUT2D eigenvalue weighted by Gasteiger charge is 2.57. The van der Waals surface area contributed by atoms with Gasteiger partial charge in [0.15, 0.2) is 0 Å². The number of ether oxygens (including phenoxy) is 2. The summed E-state index contributed by atoms with van der Waals surface area (Å²) in [6.45, 7) is 4.68. The molecule has 2 aliphatic heterocycles. The number of likely N-dealkylation sites (tertiary alicyclic amines) is 1. The lowest BCUT2D eigenvalue weighted by atomic mass is 9.51. The average Bonchev–Trinajstić information content (AvgIpc) is 2.84. The molecule has 1 spiro atoms. The Morgan fingerprint density at radius 3 is 2.31 bits per heavy atom. The molecule has 32 heavy (non-hydrogen) atoms. The lowest BCUT2D eigenvalue weighted by Crippen LogP contribution is -2.68. The highest BCUT2D eigenvalue weighted by atomic mass is 19.1. The van der Waals surface area contributed by atoms with Crippen LogP contribution in [0.4, 0.5) is 4.39 Å². The van der Waals surface area contributed by atoms with Crippen molar-refractivity contribution < 1.29 is 18.7 Å². The van der Waals surface area contributed by atoms with Crippen LogP contribution in [0, 0.1) is 5.41 Å². The molecule has 0 atom stereocenters. The predicted octanol–water partition coefficient (Wildman–Crippen LogP) is 5.70. The molecule has 0 N–H and O–H groups in total. The molecule has 6 rings (SSSR count). The molecule has 4 nitrogen and oxygen atoms in total. The minimum Gasteiger partial charge on any atom is -0.489 e. The Morgan fingerprint density at radius 1 is 1.06 bits per heavy atom. The minimum atomic E-state index is -0.143. The molecule has 2 heterocycles. The summed E-state index contributed by atoms with van der Waals surface area (Å²) < 4.78 is 24.5. The molecule has 5 heteroatoms. The molecule has 1 amide bonds. The highest BCUT2D eigenvalue weighted by Crippen LogP contribution is 2.59. The maximum Gasteiger partial charge on any atom is 0.228 e. The van der Waals surface area contributed by atoms with Gasteiger partial charge in [0.2, 0.25) is 5.91 Å². The molecule has 0 unspecified atom stereocenters. The third-order valence-corrected chi connectivity index (χ3v) is 8.88. The molecule has 174 valence electrons. The molecule has 3 saturated carbocycles. The van der Waals surface area contributed by atoms with E-state index in [1.165, 1.54) is 12.0 Å². The van der Waals surface area contributed by atoms with E-state index >= 15 is 0 Å². The summed E-state index contributed by atoms with van der Waals surface area (Å²) >= 11 is 0. The second-order valence-corrected chi connectivity index (χ2v) is 10.6. The normalized spacial score (nSPS) is 31.4. The Hall–Kier alpha value is -1.88. The van der Waals surface area contributed by atoms with Crippen molar-refractivity contribution in [3.8, 4) is 5.75 Å². The van der Waals surface area contributed by atoms with E-state index in [-0.39, 0.29) is 16.4 Å². The fraction of sp³-hybridized carbons (Fsp3) is 0.667. The smallest absolute Gasteiger partial charge is 0.228 e. The van der Waals surface area contributed by atoms with Gasteiger partial charge >= 0.3 is 0 Å². The number of nitrogens with zero attached hydrogens (tertiary/aromatic N) is 1. The van der Waals surface area contributed by atoms with Crippen molar-refractivity contribution in [3.63, 3.8) is 0 Å². The van der Waals surface area contributed by atoms with Crippen LogP contribution >= 0.6 is 0 Å². The van der Waals surface area contributed by atoms with Gasteiger partial charge < -0.3 is 14.4 Å². The molecule has 0 aromatic heterocycles. The van der Waals surface area contributed by atoms with E-state index in [4.69, 9.17) is 9.47 Å². The summed E-state index contributed by atoms with van der Waals surface area (Å²) in [5.41, 5.74) is 2.05. The molecule has 0 radical (unpaired) electrons. The second kappa shape index (κ2) is 8.48. The van der Waals surface area contributed by atoms with Gasteiger partial charge in [-0.2, -0.15) is 0 Å². The number of hydrogen-bond acceptors (Lipinski definition) is 3. The largest absolute Gasteiger partial charge is 0.489 e. The third-order valence-electron chi connectivity index (χ3n) is 8.88. The van der Waals surface area contributed by atoms with Gasteiger partial charge in [-0.15, -0.1) is 0 Å². The molecular weight excluding hydrogens is 405 g/mol. The van der Waals surface area contributed by atoms with E-state index in [2.05, 4.69) is 17.0 Å². The topological polar surface area (TPSA) is 38.8 Å². The van der Waals surface area contributed by atoms with E-state index in [0.717, 1.165) is 76.8 Å². The van der Waals surface area contributed by atoms with E-state index in [9.17, 15) is 9.18 Å². The van der Waals surface area contributed by atoms with Gasteiger partial charge in [-0.1, -0.05) is 19.1 Å². The van der Waals surface area contributed by atoms with Crippen molar-refractivity contribution >= 4 is 5.91 Å². The molecule has 3 aliphatic carbocycles. The zero-order chi connectivity index (χ0) is 22.2. The summed E-state index contributed by atoms with van der Waals surface area (Å²) in [6.07, 6.45) is 11.0. The molecule has 2 bridgehead atoms. The summed E-state index contributed by atoms with van der Waals surface area (Å²) in [5.74, 6) is 1.17. The zero-order valence-electron chi connectivity index (χ0n) is 19.3. The zero-order valence-corrected chi connectivity index (χ0v) is 19.3. The molecule has 5 fully saturated rings.